The van der Waals surface area contributed by atoms with E-state index in [0.29, 0.717) is 13.1 Å². The number of sulfone groups is 1. The predicted octanol–water partition coefficient (Wildman–Crippen LogP) is 1.49. The lowest BCUT2D eigenvalue weighted by Crippen LogP contribution is -2.40. The van der Waals surface area contributed by atoms with Crippen LogP contribution in [0.5, 0.6) is 0 Å². The topological polar surface area (TPSA) is 75.2 Å². The first-order valence-corrected chi connectivity index (χ1v) is 9.43. The van der Waals surface area contributed by atoms with Crippen LogP contribution in [-0.2, 0) is 16.3 Å². The highest BCUT2D eigenvalue weighted by Crippen LogP contribution is 2.19. The summed E-state index contributed by atoms with van der Waals surface area (Å²) in [7, 11) is -2.87. The smallest absolute Gasteiger partial charge is 0.153 e. The van der Waals surface area contributed by atoms with Gasteiger partial charge in [0.2, 0.25) is 0 Å². The van der Waals surface area contributed by atoms with Gasteiger partial charge in [-0.05, 0) is 12.8 Å². The Morgan fingerprint density at radius 3 is 2.52 bits per heavy atom. The Morgan fingerprint density at radius 1 is 1.19 bits per heavy atom. The minimum absolute atomic E-state index is 0.206. The fraction of sp³-hybridized carbons (Fsp3) is 0.714. The molecule has 0 bridgehead atoms. The first-order chi connectivity index (χ1) is 10.0. The fourth-order valence-electron chi connectivity index (χ4n) is 2.27. The van der Waals surface area contributed by atoms with Gasteiger partial charge in [-0.15, -0.1) is 0 Å². The summed E-state index contributed by atoms with van der Waals surface area (Å²) in [6.07, 6.45) is 2.86. The molecule has 1 aliphatic heterocycles. The van der Waals surface area contributed by atoms with E-state index in [4.69, 9.17) is 0 Å². The lowest BCUT2D eigenvalue weighted by Gasteiger charge is -2.28. The van der Waals surface area contributed by atoms with Gasteiger partial charge in [-0.2, -0.15) is 0 Å². The van der Waals surface area contributed by atoms with Crippen LogP contribution in [0.1, 0.15) is 32.5 Å². The van der Waals surface area contributed by atoms with E-state index in [0.717, 1.165) is 43.3 Å². The first kappa shape index (κ1) is 16.0. The van der Waals surface area contributed by atoms with Crippen LogP contribution in [0.15, 0.2) is 6.07 Å². The molecular weight excluding hydrogens is 288 g/mol. The van der Waals surface area contributed by atoms with E-state index in [1.165, 1.54) is 0 Å². The highest BCUT2D eigenvalue weighted by Gasteiger charge is 2.23. The van der Waals surface area contributed by atoms with Gasteiger partial charge in [0.25, 0.3) is 0 Å². The van der Waals surface area contributed by atoms with Crippen LogP contribution in [0.4, 0.5) is 11.6 Å². The van der Waals surface area contributed by atoms with Crippen molar-refractivity contribution < 1.29 is 8.42 Å². The van der Waals surface area contributed by atoms with Crippen molar-refractivity contribution in [2.75, 3.05) is 41.4 Å². The molecule has 1 N–H and O–H groups in total. The van der Waals surface area contributed by atoms with E-state index in [-0.39, 0.29) is 11.5 Å². The monoisotopic (exact) mass is 312 g/mol. The quantitative estimate of drug-likeness (QED) is 0.857. The molecule has 2 rings (SSSR count). The molecule has 0 spiro atoms. The zero-order chi connectivity index (χ0) is 15.3. The van der Waals surface area contributed by atoms with Crippen molar-refractivity contribution in [2.45, 2.75) is 33.1 Å². The van der Waals surface area contributed by atoms with E-state index in [1.807, 2.05) is 11.0 Å². The van der Waals surface area contributed by atoms with Crippen LogP contribution in [-0.4, -0.2) is 49.5 Å². The molecule has 6 nitrogen and oxygen atoms in total. The Kier molecular flexibility index (Phi) is 5.39. The summed E-state index contributed by atoms with van der Waals surface area (Å²) >= 11 is 0. The normalized spacial score (nSPS) is 17.7. The Morgan fingerprint density at radius 2 is 1.90 bits per heavy atom. The SMILES string of the molecule is CCCNc1cc(N2CCS(=O)(=O)CC2)nc(CCC)n1. The molecule has 0 aliphatic carbocycles. The number of nitrogens with zero attached hydrogens (tertiary/aromatic N) is 3. The molecule has 7 heteroatoms. The largest absolute Gasteiger partial charge is 0.370 e. The number of aryl methyl sites for hydroxylation is 1. The Bertz CT molecular complexity index is 560. The van der Waals surface area contributed by atoms with Crippen molar-refractivity contribution in [3.63, 3.8) is 0 Å². The van der Waals surface area contributed by atoms with Crippen molar-refractivity contribution in [2.24, 2.45) is 0 Å². The zero-order valence-corrected chi connectivity index (χ0v) is 13.6. The molecule has 2 heterocycles. The highest BCUT2D eigenvalue weighted by atomic mass is 32.2. The first-order valence-electron chi connectivity index (χ1n) is 7.61. The summed E-state index contributed by atoms with van der Waals surface area (Å²) in [6.45, 7) is 6.10. The minimum Gasteiger partial charge on any atom is -0.370 e. The van der Waals surface area contributed by atoms with E-state index >= 15 is 0 Å². The van der Waals surface area contributed by atoms with Crippen LogP contribution >= 0.6 is 0 Å². The maximum Gasteiger partial charge on any atom is 0.153 e. The molecule has 0 radical (unpaired) electrons. The number of hydrogen-bond donors (Lipinski definition) is 1. The van der Waals surface area contributed by atoms with Crippen LogP contribution in [0.2, 0.25) is 0 Å². The third-order valence-corrected chi connectivity index (χ3v) is 5.07. The van der Waals surface area contributed by atoms with Crippen molar-refractivity contribution in [3.8, 4) is 0 Å². The summed E-state index contributed by atoms with van der Waals surface area (Å²) in [5.74, 6) is 2.90. The average Bonchev–Trinajstić information content (AvgIpc) is 2.45. The molecule has 1 aromatic rings. The lowest BCUT2D eigenvalue weighted by atomic mass is 10.3. The van der Waals surface area contributed by atoms with Gasteiger partial charge in [0.05, 0.1) is 11.5 Å². The van der Waals surface area contributed by atoms with Gasteiger partial charge in [-0.25, -0.2) is 18.4 Å². The summed E-state index contributed by atoms with van der Waals surface area (Å²) in [5, 5.41) is 3.29. The summed E-state index contributed by atoms with van der Waals surface area (Å²) in [5.41, 5.74) is 0. The van der Waals surface area contributed by atoms with Crippen molar-refractivity contribution in [1.82, 2.24) is 9.97 Å². The molecule has 1 aromatic heterocycles. The summed E-state index contributed by atoms with van der Waals surface area (Å²) in [4.78, 5) is 11.1. The second kappa shape index (κ2) is 7.06. The van der Waals surface area contributed by atoms with Crippen LogP contribution in [0.25, 0.3) is 0 Å². The molecule has 1 saturated heterocycles. The number of rotatable bonds is 6. The third-order valence-electron chi connectivity index (χ3n) is 3.46. The number of nitrogens with one attached hydrogen (secondary N) is 1. The molecule has 0 unspecified atom stereocenters. The maximum absolute atomic E-state index is 11.5. The second-order valence-electron chi connectivity index (χ2n) is 5.34. The van der Waals surface area contributed by atoms with Gasteiger partial charge < -0.3 is 10.2 Å². The summed E-state index contributed by atoms with van der Waals surface area (Å²) in [6, 6.07) is 1.92. The van der Waals surface area contributed by atoms with Gasteiger partial charge in [0.1, 0.15) is 17.5 Å². The van der Waals surface area contributed by atoms with Crippen LogP contribution in [0, 0.1) is 0 Å². The Balaban J connectivity index is 2.19. The van der Waals surface area contributed by atoms with E-state index in [2.05, 4.69) is 29.1 Å². The van der Waals surface area contributed by atoms with Gasteiger partial charge in [-0.1, -0.05) is 13.8 Å². The van der Waals surface area contributed by atoms with Crippen molar-refractivity contribution >= 4 is 21.5 Å². The Hall–Kier alpha value is -1.37. The van der Waals surface area contributed by atoms with E-state index < -0.39 is 9.84 Å². The number of aromatic nitrogens is 2. The molecule has 0 saturated carbocycles. The van der Waals surface area contributed by atoms with Crippen LogP contribution in [0.3, 0.4) is 0 Å². The van der Waals surface area contributed by atoms with Crippen LogP contribution < -0.4 is 10.2 Å². The number of hydrogen-bond acceptors (Lipinski definition) is 6. The van der Waals surface area contributed by atoms with Crippen molar-refractivity contribution in [1.29, 1.82) is 0 Å². The molecule has 0 amide bonds. The van der Waals surface area contributed by atoms with Gasteiger partial charge in [0, 0.05) is 32.1 Å². The Labute approximate surface area is 126 Å². The maximum atomic E-state index is 11.5. The van der Waals surface area contributed by atoms with Gasteiger partial charge >= 0.3 is 0 Å². The van der Waals surface area contributed by atoms with Gasteiger partial charge in [-0.3, -0.25) is 0 Å². The number of anilines is 2. The molecule has 0 aromatic carbocycles. The molecule has 1 fully saturated rings. The molecule has 21 heavy (non-hydrogen) atoms. The molecule has 1 aliphatic rings. The molecule has 118 valence electrons. The average molecular weight is 312 g/mol. The fourth-order valence-corrected chi connectivity index (χ4v) is 3.47. The third kappa shape index (κ3) is 4.56. The highest BCUT2D eigenvalue weighted by molar-refractivity contribution is 7.91. The van der Waals surface area contributed by atoms with E-state index in [9.17, 15) is 8.42 Å². The standard InChI is InChI=1S/C14H24N4O2S/c1-3-5-12-16-13(15-6-4-2)11-14(17-12)18-7-9-21(19,20)10-8-18/h11H,3-10H2,1-2H3,(H,15,16,17). The predicted molar refractivity (Wildman–Crippen MR) is 85.7 cm³/mol. The zero-order valence-electron chi connectivity index (χ0n) is 12.8. The minimum atomic E-state index is -2.87. The van der Waals surface area contributed by atoms with Gasteiger partial charge in [0.15, 0.2) is 9.84 Å². The summed E-state index contributed by atoms with van der Waals surface area (Å²) < 4.78 is 23.1. The molecule has 0 atom stereocenters. The second-order valence-corrected chi connectivity index (χ2v) is 7.65. The van der Waals surface area contributed by atoms with Crippen molar-refractivity contribution in [3.05, 3.63) is 11.9 Å². The van der Waals surface area contributed by atoms with E-state index in [1.54, 1.807) is 0 Å². The molecular formula is C14H24N4O2S. The lowest BCUT2D eigenvalue weighted by molar-refractivity contribution is 0.586.